The maximum Gasteiger partial charge on any atom is 0.330 e. The summed E-state index contributed by atoms with van der Waals surface area (Å²) in [5, 5.41) is 12.5. The van der Waals surface area contributed by atoms with E-state index in [4.69, 9.17) is 4.74 Å². The fraction of sp³-hybridized carbons (Fsp3) is 0.870. The molecule has 4 aliphatic rings. The SMILES string of the molecule is C=CC(=O)OC1([C@@]2(O)C[C@H]3CC[C@]2(C)C3(C)C)CC2CCC1(C)C2(C)C. The highest BCUT2D eigenvalue weighted by molar-refractivity contribution is 5.82. The fourth-order valence-electron chi connectivity index (χ4n) is 8.21. The van der Waals surface area contributed by atoms with Gasteiger partial charge in [-0.05, 0) is 61.2 Å². The smallest absolute Gasteiger partial charge is 0.330 e. The molecule has 3 unspecified atom stereocenters. The molecule has 6 atom stereocenters. The van der Waals surface area contributed by atoms with Gasteiger partial charge < -0.3 is 9.84 Å². The second-order valence-electron chi connectivity index (χ2n) is 11.3. The molecule has 4 rings (SSSR count). The van der Waals surface area contributed by atoms with Gasteiger partial charge in [-0.3, -0.25) is 0 Å². The molecule has 0 aromatic heterocycles. The molecule has 1 N–H and O–H groups in total. The van der Waals surface area contributed by atoms with Gasteiger partial charge in [0.05, 0.1) is 0 Å². The van der Waals surface area contributed by atoms with Crippen LogP contribution >= 0.6 is 0 Å². The van der Waals surface area contributed by atoms with E-state index < -0.39 is 11.2 Å². The lowest BCUT2D eigenvalue weighted by Gasteiger charge is -2.60. The molecule has 3 heteroatoms. The second-order valence-corrected chi connectivity index (χ2v) is 11.3. The van der Waals surface area contributed by atoms with Crippen LogP contribution in [-0.4, -0.2) is 22.3 Å². The van der Waals surface area contributed by atoms with Crippen molar-refractivity contribution in [1.82, 2.24) is 0 Å². The van der Waals surface area contributed by atoms with Crippen LogP contribution in [0.5, 0.6) is 0 Å². The Bertz CT molecular complexity index is 679. The highest BCUT2D eigenvalue weighted by Gasteiger charge is 2.84. The number of fused-ring (bicyclic) bond motifs is 4. The quantitative estimate of drug-likeness (QED) is 0.576. The molecular weight excluding hydrogens is 324 g/mol. The lowest BCUT2D eigenvalue weighted by atomic mass is 9.50. The molecular formula is C23H36O3. The summed E-state index contributed by atoms with van der Waals surface area (Å²) >= 11 is 0. The summed E-state index contributed by atoms with van der Waals surface area (Å²) in [6, 6.07) is 0. The standard InChI is InChI=1S/C23H36O3/c1-8-17(24)26-23(14-16-10-12-21(23,7)19(16,4)5)22(25)13-15-9-11-20(22,6)18(15,2)3/h8,15-16,25H,1,9-14H2,2-7H3/t15-,16?,20-,21?,22-,23?/m1/s1. The molecule has 146 valence electrons. The van der Waals surface area contributed by atoms with Gasteiger partial charge in [0.15, 0.2) is 0 Å². The second kappa shape index (κ2) is 4.77. The number of aliphatic hydroxyl groups is 1. The number of ether oxygens (including phenoxy) is 1. The molecule has 0 spiro atoms. The van der Waals surface area contributed by atoms with Gasteiger partial charge in [-0.15, -0.1) is 0 Å². The van der Waals surface area contributed by atoms with Crippen LogP contribution < -0.4 is 0 Å². The highest BCUT2D eigenvalue weighted by atomic mass is 16.6. The number of esters is 1. The summed E-state index contributed by atoms with van der Waals surface area (Å²) in [7, 11) is 0. The van der Waals surface area contributed by atoms with Crippen molar-refractivity contribution in [3.63, 3.8) is 0 Å². The van der Waals surface area contributed by atoms with Gasteiger partial charge in [0.1, 0.15) is 11.2 Å². The van der Waals surface area contributed by atoms with Crippen molar-refractivity contribution < 1.29 is 14.6 Å². The predicted octanol–water partition coefficient (Wildman–Crippen LogP) is 4.88. The maximum absolute atomic E-state index is 12.5. The molecule has 0 saturated heterocycles. The molecule has 3 nitrogen and oxygen atoms in total. The molecule has 0 aliphatic heterocycles. The molecule has 0 radical (unpaired) electrons. The van der Waals surface area contributed by atoms with Gasteiger partial charge in [0.25, 0.3) is 0 Å². The predicted molar refractivity (Wildman–Crippen MR) is 102 cm³/mol. The molecule has 0 aromatic carbocycles. The van der Waals surface area contributed by atoms with Crippen LogP contribution in [0.15, 0.2) is 12.7 Å². The fourth-order valence-corrected chi connectivity index (χ4v) is 8.21. The van der Waals surface area contributed by atoms with Crippen LogP contribution in [0.1, 0.15) is 80.1 Å². The average Bonchev–Trinajstić information content (AvgIpc) is 3.05. The Morgan fingerprint density at radius 3 is 1.81 bits per heavy atom. The molecule has 4 saturated carbocycles. The Hall–Kier alpha value is -0.830. The lowest BCUT2D eigenvalue weighted by Crippen LogP contribution is -2.70. The topological polar surface area (TPSA) is 46.5 Å². The van der Waals surface area contributed by atoms with Crippen LogP contribution in [0.3, 0.4) is 0 Å². The van der Waals surface area contributed by atoms with Crippen molar-refractivity contribution in [2.75, 3.05) is 0 Å². The van der Waals surface area contributed by atoms with Crippen molar-refractivity contribution in [3.8, 4) is 0 Å². The highest BCUT2D eigenvalue weighted by Crippen LogP contribution is 2.80. The largest absolute Gasteiger partial charge is 0.452 e. The molecule has 0 aromatic rings. The summed E-state index contributed by atoms with van der Waals surface area (Å²) in [5.74, 6) is 0.592. The molecule has 0 heterocycles. The van der Waals surface area contributed by atoms with Gasteiger partial charge in [-0.1, -0.05) is 48.1 Å². The van der Waals surface area contributed by atoms with E-state index in [2.05, 4.69) is 48.1 Å². The van der Waals surface area contributed by atoms with Crippen LogP contribution in [0.4, 0.5) is 0 Å². The Morgan fingerprint density at radius 1 is 0.962 bits per heavy atom. The number of hydrogen-bond donors (Lipinski definition) is 1. The van der Waals surface area contributed by atoms with Gasteiger partial charge in [-0.2, -0.15) is 0 Å². The van der Waals surface area contributed by atoms with Crippen molar-refractivity contribution in [2.45, 2.75) is 91.3 Å². The van der Waals surface area contributed by atoms with Gasteiger partial charge >= 0.3 is 5.97 Å². The zero-order chi connectivity index (χ0) is 19.4. The third-order valence-corrected chi connectivity index (χ3v) is 10.9. The Kier molecular flexibility index (Phi) is 3.40. The number of rotatable bonds is 3. The van der Waals surface area contributed by atoms with E-state index in [1.165, 1.54) is 12.5 Å². The van der Waals surface area contributed by atoms with Crippen LogP contribution in [0.2, 0.25) is 0 Å². The maximum atomic E-state index is 12.5. The van der Waals surface area contributed by atoms with Crippen LogP contribution in [-0.2, 0) is 9.53 Å². The first-order valence-electron chi connectivity index (χ1n) is 10.4. The third-order valence-electron chi connectivity index (χ3n) is 10.9. The van der Waals surface area contributed by atoms with Crippen molar-refractivity contribution >= 4 is 5.97 Å². The average molecular weight is 361 g/mol. The van der Waals surface area contributed by atoms with Crippen molar-refractivity contribution in [2.24, 2.45) is 33.5 Å². The third kappa shape index (κ3) is 1.57. The first-order chi connectivity index (χ1) is 11.8. The number of carbonyl (C=O) groups is 1. The van der Waals surface area contributed by atoms with Crippen molar-refractivity contribution in [3.05, 3.63) is 12.7 Å². The summed E-state index contributed by atoms with van der Waals surface area (Å²) in [6.45, 7) is 17.4. The zero-order valence-electron chi connectivity index (χ0n) is 17.4. The van der Waals surface area contributed by atoms with Crippen molar-refractivity contribution in [1.29, 1.82) is 0 Å². The Morgan fingerprint density at radius 2 is 1.46 bits per heavy atom. The van der Waals surface area contributed by atoms with E-state index in [9.17, 15) is 9.90 Å². The zero-order valence-corrected chi connectivity index (χ0v) is 17.4. The minimum Gasteiger partial charge on any atom is -0.452 e. The molecule has 4 aliphatic carbocycles. The number of hydrogen-bond acceptors (Lipinski definition) is 3. The minimum absolute atomic E-state index is 0.0481. The van der Waals surface area contributed by atoms with E-state index in [1.807, 2.05) is 0 Å². The van der Waals surface area contributed by atoms with Gasteiger partial charge in [0, 0.05) is 16.9 Å². The van der Waals surface area contributed by atoms with Crippen LogP contribution in [0.25, 0.3) is 0 Å². The van der Waals surface area contributed by atoms with E-state index in [0.717, 1.165) is 32.1 Å². The Labute approximate surface area is 158 Å². The normalized spacial score (nSPS) is 53.0. The summed E-state index contributed by atoms with van der Waals surface area (Å²) in [4.78, 5) is 12.5. The monoisotopic (exact) mass is 360 g/mol. The van der Waals surface area contributed by atoms with Crippen LogP contribution in [0, 0.1) is 33.5 Å². The minimum atomic E-state index is -0.980. The van der Waals surface area contributed by atoms with E-state index in [-0.39, 0.29) is 27.6 Å². The van der Waals surface area contributed by atoms with E-state index >= 15 is 0 Å². The van der Waals surface area contributed by atoms with E-state index in [1.54, 1.807) is 0 Å². The summed E-state index contributed by atoms with van der Waals surface area (Å²) < 4.78 is 6.31. The first kappa shape index (κ1) is 18.5. The lowest BCUT2D eigenvalue weighted by molar-refractivity contribution is -0.272. The Balaban J connectivity index is 1.93. The van der Waals surface area contributed by atoms with Gasteiger partial charge in [-0.25, -0.2) is 4.79 Å². The molecule has 4 bridgehead atoms. The summed E-state index contributed by atoms with van der Waals surface area (Å²) in [5.41, 5.74) is -2.16. The molecule has 0 amide bonds. The molecule has 26 heavy (non-hydrogen) atoms. The molecule has 4 fully saturated rings. The van der Waals surface area contributed by atoms with Gasteiger partial charge in [0.2, 0.25) is 0 Å². The summed E-state index contributed by atoms with van der Waals surface area (Å²) in [6.07, 6.45) is 7.16. The first-order valence-corrected chi connectivity index (χ1v) is 10.4. The number of carbonyl (C=O) groups excluding carboxylic acids is 1. The van der Waals surface area contributed by atoms with E-state index in [0.29, 0.717) is 11.8 Å².